The Hall–Kier alpha value is -1.42. The van der Waals surface area contributed by atoms with Crippen LogP contribution in [0.2, 0.25) is 0 Å². The molecule has 1 aromatic carbocycles. The Bertz CT molecular complexity index is 574. The van der Waals surface area contributed by atoms with Crippen molar-refractivity contribution in [1.82, 2.24) is 4.72 Å². The monoisotopic (exact) mass is 310 g/mol. The molecule has 0 aliphatic heterocycles. The van der Waals surface area contributed by atoms with Gasteiger partial charge in [-0.3, -0.25) is 0 Å². The number of nitrogens with one attached hydrogen (secondary N) is 1. The Kier molecular flexibility index (Phi) is 6.82. The van der Waals surface area contributed by atoms with Gasteiger partial charge >= 0.3 is 0 Å². The fourth-order valence-electron chi connectivity index (χ4n) is 1.77. The number of sulfonamides is 1. The van der Waals surface area contributed by atoms with Crippen LogP contribution < -0.4 is 4.72 Å². The highest BCUT2D eigenvalue weighted by atomic mass is 32.2. The Morgan fingerprint density at radius 1 is 1.29 bits per heavy atom. The molecular weight excluding hydrogens is 288 g/mol. The minimum atomic E-state index is -3.44. The van der Waals surface area contributed by atoms with Gasteiger partial charge in [-0.1, -0.05) is 26.0 Å². The maximum absolute atomic E-state index is 12.2. The Morgan fingerprint density at radius 3 is 2.38 bits per heavy atom. The van der Waals surface area contributed by atoms with E-state index in [-0.39, 0.29) is 17.7 Å². The molecule has 0 aliphatic carbocycles. The summed E-state index contributed by atoms with van der Waals surface area (Å²) in [5.74, 6) is 0.0425. The first-order valence-electron chi connectivity index (χ1n) is 6.94. The minimum Gasteiger partial charge on any atom is -0.380 e. The molecule has 0 radical (unpaired) electrons. The van der Waals surface area contributed by atoms with E-state index < -0.39 is 10.0 Å². The summed E-state index contributed by atoms with van der Waals surface area (Å²) in [6.45, 7) is 6.70. The van der Waals surface area contributed by atoms with E-state index in [1.54, 1.807) is 24.3 Å². The average molecular weight is 310 g/mol. The summed E-state index contributed by atoms with van der Waals surface area (Å²) in [5, 5.41) is 8.73. The quantitative estimate of drug-likeness (QED) is 0.797. The molecule has 1 rings (SSSR count). The number of rotatable bonds is 8. The molecule has 1 N–H and O–H groups in total. The molecule has 0 bridgehead atoms. The van der Waals surface area contributed by atoms with E-state index >= 15 is 0 Å². The van der Waals surface area contributed by atoms with Crippen LogP contribution in [0.1, 0.15) is 31.9 Å². The lowest BCUT2D eigenvalue weighted by Gasteiger charge is -2.22. The van der Waals surface area contributed by atoms with Gasteiger partial charge in [0.05, 0.1) is 24.0 Å². The van der Waals surface area contributed by atoms with Crippen LogP contribution >= 0.6 is 0 Å². The molecule has 21 heavy (non-hydrogen) atoms. The van der Waals surface area contributed by atoms with Gasteiger partial charge in [-0.15, -0.1) is 0 Å². The standard InChI is InChI=1S/C15H22N2O3S/c1-4-20-10-15(12(2)3)17-21(18,19)11-14-7-5-13(9-16)6-8-14/h5-8,12,15,17H,4,10-11H2,1-3H3. The van der Waals surface area contributed by atoms with Gasteiger partial charge in [0, 0.05) is 12.6 Å². The maximum Gasteiger partial charge on any atom is 0.216 e. The molecule has 6 heteroatoms. The highest BCUT2D eigenvalue weighted by Gasteiger charge is 2.21. The second-order valence-electron chi connectivity index (χ2n) is 5.20. The van der Waals surface area contributed by atoms with E-state index in [1.165, 1.54) is 0 Å². The molecule has 0 spiro atoms. The maximum atomic E-state index is 12.2. The van der Waals surface area contributed by atoms with E-state index in [9.17, 15) is 8.42 Å². The molecule has 1 unspecified atom stereocenters. The van der Waals surface area contributed by atoms with Gasteiger partial charge in [-0.05, 0) is 30.5 Å². The van der Waals surface area contributed by atoms with Gasteiger partial charge in [-0.2, -0.15) is 5.26 Å². The number of nitrogens with zero attached hydrogens (tertiary/aromatic N) is 1. The van der Waals surface area contributed by atoms with Gasteiger partial charge in [0.15, 0.2) is 0 Å². The largest absolute Gasteiger partial charge is 0.380 e. The third kappa shape index (κ3) is 6.25. The van der Waals surface area contributed by atoms with E-state index in [2.05, 4.69) is 4.72 Å². The summed E-state index contributed by atoms with van der Waals surface area (Å²) in [4.78, 5) is 0. The van der Waals surface area contributed by atoms with Gasteiger partial charge < -0.3 is 4.74 Å². The summed E-state index contributed by atoms with van der Waals surface area (Å²) in [6.07, 6.45) is 0. The van der Waals surface area contributed by atoms with Crippen molar-refractivity contribution in [2.24, 2.45) is 5.92 Å². The Labute approximate surface area is 127 Å². The molecule has 0 saturated heterocycles. The Morgan fingerprint density at radius 2 is 1.90 bits per heavy atom. The van der Waals surface area contributed by atoms with Crippen molar-refractivity contribution in [3.63, 3.8) is 0 Å². The smallest absolute Gasteiger partial charge is 0.216 e. The summed E-state index contributed by atoms with van der Waals surface area (Å²) in [7, 11) is -3.44. The van der Waals surface area contributed by atoms with Crippen molar-refractivity contribution >= 4 is 10.0 Å². The Balaban J connectivity index is 2.72. The molecule has 0 fully saturated rings. The molecule has 0 saturated carbocycles. The van der Waals surface area contributed by atoms with Crippen LogP contribution in [0.5, 0.6) is 0 Å². The molecule has 0 aromatic heterocycles. The van der Waals surface area contributed by atoms with Gasteiger partial charge in [0.1, 0.15) is 0 Å². The first kappa shape index (κ1) is 17.6. The molecule has 0 aliphatic rings. The van der Waals surface area contributed by atoms with Crippen molar-refractivity contribution in [3.05, 3.63) is 35.4 Å². The zero-order chi connectivity index (χ0) is 15.9. The zero-order valence-electron chi connectivity index (χ0n) is 12.7. The summed E-state index contributed by atoms with van der Waals surface area (Å²) in [5.41, 5.74) is 1.17. The van der Waals surface area contributed by atoms with Gasteiger partial charge in [-0.25, -0.2) is 13.1 Å². The highest BCUT2D eigenvalue weighted by molar-refractivity contribution is 7.88. The number of benzene rings is 1. The van der Waals surface area contributed by atoms with E-state index in [0.717, 1.165) is 0 Å². The number of hydrogen-bond donors (Lipinski definition) is 1. The summed E-state index contributed by atoms with van der Waals surface area (Å²) >= 11 is 0. The SMILES string of the molecule is CCOCC(NS(=O)(=O)Cc1ccc(C#N)cc1)C(C)C. The second-order valence-corrected chi connectivity index (χ2v) is 6.95. The molecular formula is C15H22N2O3S. The molecule has 1 aromatic rings. The third-order valence-electron chi connectivity index (χ3n) is 3.08. The predicted molar refractivity (Wildman–Crippen MR) is 82.0 cm³/mol. The van der Waals surface area contributed by atoms with Crippen molar-refractivity contribution in [1.29, 1.82) is 5.26 Å². The first-order valence-corrected chi connectivity index (χ1v) is 8.60. The predicted octanol–water partition coefficient (Wildman–Crippen LogP) is 2.04. The van der Waals surface area contributed by atoms with Crippen LogP contribution in [0.25, 0.3) is 0 Å². The van der Waals surface area contributed by atoms with Crippen molar-refractivity contribution in [2.45, 2.75) is 32.6 Å². The first-order chi connectivity index (χ1) is 9.88. The molecule has 1 atom stereocenters. The number of nitriles is 1. The topological polar surface area (TPSA) is 79.2 Å². The van der Waals surface area contributed by atoms with E-state index in [4.69, 9.17) is 10.00 Å². The van der Waals surface area contributed by atoms with Gasteiger partial charge in [0.2, 0.25) is 10.0 Å². The van der Waals surface area contributed by atoms with Crippen LogP contribution in [0.4, 0.5) is 0 Å². The normalized spacial score (nSPS) is 13.1. The lowest BCUT2D eigenvalue weighted by molar-refractivity contribution is 0.116. The zero-order valence-corrected chi connectivity index (χ0v) is 13.5. The lowest BCUT2D eigenvalue weighted by Crippen LogP contribution is -2.42. The van der Waals surface area contributed by atoms with Crippen LogP contribution in [0.15, 0.2) is 24.3 Å². The second kappa shape index (κ2) is 8.13. The summed E-state index contributed by atoms with van der Waals surface area (Å²) < 4.78 is 32.4. The molecule has 0 heterocycles. The van der Waals surface area contributed by atoms with Crippen molar-refractivity contribution in [3.8, 4) is 6.07 Å². The van der Waals surface area contributed by atoms with Gasteiger partial charge in [0.25, 0.3) is 0 Å². The number of hydrogen-bond acceptors (Lipinski definition) is 4. The third-order valence-corrected chi connectivity index (χ3v) is 4.45. The fourth-order valence-corrected chi connectivity index (χ4v) is 3.29. The molecule has 0 amide bonds. The van der Waals surface area contributed by atoms with E-state index in [0.29, 0.717) is 24.3 Å². The van der Waals surface area contributed by atoms with Crippen LogP contribution in [-0.2, 0) is 20.5 Å². The van der Waals surface area contributed by atoms with Crippen LogP contribution in [-0.4, -0.2) is 27.7 Å². The number of ether oxygens (including phenoxy) is 1. The lowest BCUT2D eigenvalue weighted by atomic mass is 10.1. The molecule has 5 nitrogen and oxygen atoms in total. The molecule has 116 valence electrons. The average Bonchev–Trinajstić information content (AvgIpc) is 2.43. The van der Waals surface area contributed by atoms with Crippen molar-refractivity contribution in [2.75, 3.05) is 13.2 Å². The summed E-state index contributed by atoms with van der Waals surface area (Å²) in [6, 6.07) is 8.31. The van der Waals surface area contributed by atoms with Crippen LogP contribution in [0.3, 0.4) is 0 Å². The highest BCUT2D eigenvalue weighted by Crippen LogP contribution is 2.10. The van der Waals surface area contributed by atoms with Crippen molar-refractivity contribution < 1.29 is 13.2 Å². The fraction of sp³-hybridized carbons (Fsp3) is 0.533. The minimum absolute atomic E-state index is 0.103. The van der Waals surface area contributed by atoms with E-state index in [1.807, 2.05) is 26.8 Å². The van der Waals surface area contributed by atoms with Crippen LogP contribution in [0, 0.1) is 17.2 Å².